The second kappa shape index (κ2) is 8.62. The fraction of sp³-hybridized carbons (Fsp3) is 0.684. The molecule has 1 aromatic rings. The molecule has 3 rings (SSSR count). The number of piperidine rings is 1. The Morgan fingerprint density at radius 2 is 1.84 bits per heavy atom. The van der Waals surface area contributed by atoms with E-state index in [2.05, 4.69) is 40.4 Å². The molecule has 2 N–H and O–H groups in total. The van der Waals surface area contributed by atoms with Gasteiger partial charge in [-0.1, -0.05) is 30.3 Å². The summed E-state index contributed by atoms with van der Waals surface area (Å²) in [6.07, 6.45) is 6.87. The van der Waals surface area contributed by atoms with Crippen LogP contribution in [0.25, 0.3) is 0 Å². The molecule has 2 aliphatic rings. The van der Waals surface area contributed by atoms with Crippen LogP contribution >= 0.6 is 0 Å². The van der Waals surface area contributed by atoms with Gasteiger partial charge in [-0.2, -0.15) is 0 Å². The molecule has 2 atom stereocenters. The smallest absolute Gasteiger partial charge is 0.208 e. The molecular weight excluding hydrogens is 336 g/mol. The Kier molecular flexibility index (Phi) is 6.49. The van der Waals surface area contributed by atoms with Crippen LogP contribution < -0.4 is 10.0 Å². The quantitative estimate of drug-likeness (QED) is 0.810. The maximum atomic E-state index is 11.5. The second-order valence-corrected chi connectivity index (χ2v) is 9.25. The molecule has 1 heterocycles. The molecule has 140 valence electrons. The number of sulfonamides is 1. The minimum Gasteiger partial charge on any atom is -0.378 e. The van der Waals surface area contributed by atoms with Crippen molar-refractivity contribution in [3.63, 3.8) is 0 Å². The Morgan fingerprint density at radius 1 is 1.12 bits per heavy atom. The highest BCUT2D eigenvalue weighted by molar-refractivity contribution is 7.88. The van der Waals surface area contributed by atoms with Crippen molar-refractivity contribution >= 4 is 10.0 Å². The fourth-order valence-electron chi connectivity index (χ4n) is 4.08. The SMILES string of the molecule is CS(=O)(=O)NC1CCNC[C@H]1COC1CCC(c2ccccc2)CC1. The molecule has 1 aliphatic heterocycles. The summed E-state index contributed by atoms with van der Waals surface area (Å²) in [4.78, 5) is 0. The van der Waals surface area contributed by atoms with Crippen LogP contribution in [0.5, 0.6) is 0 Å². The summed E-state index contributed by atoms with van der Waals surface area (Å²) in [6, 6.07) is 10.7. The Labute approximate surface area is 151 Å². The summed E-state index contributed by atoms with van der Waals surface area (Å²) in [5, 5.41) is 3.35. The van der Waals surface area contributed by atoms with Crippen LogP contribution in [0.15, 0.2) is 30.3 Å². The number of benzene rings is 1. The van der Waals surface area contributed by atoms with Gasteiger partial charge < -0.3 is 10.1 Å². The lowest BCUT2D eigenvalue weighted by atomic mass is 9.82. The van der Waals surface area contributed by atoms with E-state index in [-0.39, 0.29) is 12.0 Å². The van der Waals surface area contributed by atoms with Gasteiger partial charge in [0.1, 0.15) is 0 Å². The Morgan fingerprint density at radius 3 is 2.52 bits per heavy atom. The predicted octanol–water partition coefficient (Wildman–Crippen LogP) is 2.26. The largest absolute Gasteiger partial charge is 0.378 e. The minimum absolute atomic E-state index is 0.0168. The van der Waals surface area contributed by atoms with E-state index in [0.29, 0.717) is 18.6 Å². The van der Waals surface area contributed by atoms with E-state index < -0.39 is 10.0 Å². The maximum Gasteiger partial charge on any atom is 0.208 e. The number of ether oxygens (including phenoxy) is 1. The van der Waals surface area contributed by atoms with Gasteiger partial charge in [-0.3, -0.25) is 0 Å². The van der Waals surface area contributed by atoms with Crippen molar-refractivity contribution in [2.45, 2.75) is 50.2 Å². The number of rotatable bonds is 6. The topological polar surface area (TPSA) is 67.4 Å². The third-order valence-corrected chi connectivity index (χ3v) is 6.20. The van der Waals surface area contributed by atoms with Gasteiger partial charge in [0.15, 0.2) is 0 Å². The summed E-state index contributed by atoms with van der Waals surface area (Å²) in [5.41, 5.74) is 1.44. The van der Waals surface area contributed by atoms with Crippen LogP contribution in [0.1, 0.15) is 43.6 Å². The average molecular weight is 367 g/mol. The minimum atomic E-state index is -3.17. The maximum absolute atomic E-state index is 11.5. The molecule has 0 bridgehead atoms. The normalized spacial score (nSPS) is 30.9. The molecular formula is C19H30N2O3S. The highest BCUT2D eigenvalue weighted by Gasteiger charge is 2.29. The Hall–Kier alpha value is -0.950. The van der Waals surface area contributed by atoms with Gasteiger partial charge in [0.2, 0.25) is 10.0 Å². The van der Waals surface area contributed by atoms with Crippen molar-refractivity contribution in [2.24, 2.45) is 5.92 Å². The molecule has 0 aromatic heterocycles. The van der Waals surface area contributed by atoms with Crippen LogP contribution in [0, 0.1) is 5.92 Å². The Balaban J connectivity index is 1.45. The van der Waals surface area contributed by atoms with Crippen LogP contribution in [0.2, 0.25) is 0 Å². The summed E-state index contributed by atoms with van der Waals surface area (Å²) < 4.78 is 32.1. The zero-order valence-electron chi connectivity index (χ0n) is 15.0. The molecule has 1 aliphatic carbocycles. The third kappa shape index (κ3) is 5.78. The van der Waals surface area contributed by atoms with E-state index in [0.717, 1.165) is 32.4 Å². The lowest BCUT2D eigenvalue weighted by Crippen LogP contribution is -2.51. The third-order valence-electron chi connectivity index (χ3n) is 5.46. The molecule has 2 fully saturated rings. The first-order valence-electron chi connectivity index (χ1n) is 9.36. The van der Waals surface area contributed by atoms with Crippen LogP contribution in [-0.2, 0) is 14.8 Å². The summed E-state index contributed by atoms with van der Waals surface area (Å²) in [6.45, 7) is 2.29. The molecule has 0 spiro atoms. The van der Waals surface area contributed by atoms with Crippen molar-refractivity contribution in [3.05, 3.63) is 35.9 Å². The van der Waals surface area contributed by atoms with E-state index in [1.807, 2.05) is 0 Å². The summed E-state index contributed by atoms with van der Waals surface area (Å²) in [7, 11) is -3.17. The van der Waals surface area contributed by atoms with Crippen molar-refractivity contribution in [1.29, 1.82) is 0 Å². The summed E-state index contributed by atoms with van der Waals surface area (Å²) in [5.74, 6) is 0.854. The average Bonchev–Trinajstić information content (AvgIpc) is 2.61. The standard InChI is InChI=1S/C19H30N2O3S/c1-25(22,23)21-19-11-12-20-13-17(19)14-24-18-9-7-16(8-10-18)15-5-3-2-4-6-15/h2-6,16-21H,7-14H2,1H3/t16?,17-,18?,19?/m0/s1. The van der Waals surface area contributed by atoms with Crippen molar-refractivity contribution < 1.29 is 13.2 Å². The van der Waals surface area contributed by atoms with E-state index in [4.69, 9.17) is 4.74 Å². The first-order valence-corrected chi connectivity index (χ1v) is 11.2. The Bertz CT molecular complexity index is 627. The lowest BCUT2D eigenvalue weighted by Gasteiger charge is -2.34. The van der Waals surface area contributed by atoms with Gasteiger partial charge in [0.05, 0.1) is 19.0 Å². The van der Waals surface area contributed by atoms with Gasteiger partial charge in [-0.05, 0) is 50.1 Å². The highest BCUT2D eigenvalue weighted by Crippen LogP contribution is 2.34. The van der Waals surface area contributed by atoms with Crippen molar-refractivity contribution in [1.82, 2.24) is 10.0 Å². The van der Waals surface area contributed by atoms with E-state index in [1.165, 1.54) is 24.7 Å². The first-order chi connectivity index (χ1) is 12.0. The second-order valence-electron chi connectivity index (χ2n) is 7.47. The van der Waals surface area contributed by atoms with Crippen LogP contribution in [0.3, 0.4) is 0 Å². The van der Waals surface area contributed by atoms with Crippen LogP contribution in [-0.4, -0.2) is 46.5 Å². The molecule has 0 amide bonds. The summed E-state index contributed by atoms with van der Waals surface area (Å²) >= 11 is 0. The van der Waals surface area contributed by atoms with Crippen LogP contribution in [0.4, 0.5) is 0 Å². The number of nitrogens with one attached hydrogen (secondary N) is 2. The number of hydrogen-bond acceptors (Lipinski definition) is 4. The van der Waals surface area contributed by atoms with E-state index >= 15 is 0 Å². The van der Waals surface area contributed by atoms with Gasteiger partial charge in [0.25, 0.3) is 0 Å². The fourth-order valence-corrected chi connectivity index (χ4v) is 4.94. The molecule has 25 heavy (non-hydrogen) atoms. The molecule has 1 unspecified atom stereocenters. The van der Waals surface area contributed by atoms with E-state index in [9.17, 15) is 8.42 Å². The predicted molar refractivity (Wildman–Crippen MR) is 100 cm³/mol. The highest BCUT2D eigenvalue weighted by atomic mass is 32.2. The molecule has 5 nitrogen and oxygen atoms in total. The van der Waals surface area contributed by atoms with Gasteiger partial charge >= 0.3 is 0 Å². The zero-order valence-corrected chi connectivity index (χ0v) is 15.8. The first kappa shape index (κ1) is 18.8. The monoisotopic (exact) mass is 366 g/mol. The lowest BCUT2D eigenvalue weighted by molar-refractivity contribution is -0.00402. The molecule has 1 saturated heterocycles. The zero-order chi connectivity index (χ0) is 17.7. The van der Waals surface area contributed by atoms with Gasteiger partial charge in [0, 0.05) is 18.5 Å². The van der Waals surface area contributed by atoms with Crippen molar-refractivity contribution in [2.75, 3.05) is 26.0 Å². The van der Waals surface area contributed by atoms with E-state index in [1.54, 1.807) is 0 Å². The molecule has 1 saturated carbocycles. The van der Waals surface area contributed by atoms with Crippen molar-refractivity contribution in [3.8, 4) is 0 Å². The number of hydrogen-bond donors (Lipinski definition) is 2. The molecule has 1 aromatic carbocycles. The molecule has 6 heteroatoms. The van der Waals surface area contributed by atoms with Gasteiger partial charge in [-0.25, -0.2) is 13.1 Å². The molecule has 0 radical (unpaired) electrons. The van der Waals surface area contributed by atoms with Gasteiger partial charge in [-0.15, -0.1) is 0 Å².